The number of hydrogen-bond donors (Lipinski definition) is 4. The predicted octanol–water partition coefficient (Wildman–Crippen LogP) is 2.31. The second-order valence-electron chi connectivity index (χ2n) is 9.91. The van der Waals surface area contributed by atoms with Gasteiger partial charge in [0.05, 0.1) is 19.0 Å². The van der Waals surface area contributed by atoms with Crippen LogP contribution >= 0.6 is 0 Å². The molecule has 0 spiro atoms. The zero-order valence-corrected chi connectivity index (χ0v) is 23.0. The fourth-order valence-electron chi connectivity index (χ4n) is 4.91. The Morgan fingerprint density at radius 3 is 2.56 bits per heavy atom. The number of imidazole rings is 1. The smallest absolute Gasteiger partial charge is 0.293 e. The minimum absolute atomic E-state index is 0.0567. The van der Waals surface area contributed by atoms with Crippen LogP contribution in [-0.2, 0) is 20.7 Å². The lowest BCUT2D eigenvalue weighted by Crippen LogP contribution is -2.32. The van der Waals surface area contributed by atoms with Gasteiger partial charge in [0.2, 0.25) is 5.95 Å². The van der Waals surface area contributed by atoms with Crippen molar-refractivity contribution in [1.82, 2.24) is 29.7 Å². The molecule has 1 aliphatic rings. The first-order valence-electron chi connectivity index (χ1n) is 13.6. The molecule has 5 atom stereocenters. The number of rotatable bonds is 13. The van der Waals surface area contributed by atoms with E-state index >= 15 is 0 Å². The average Bonchev–Trinajstić information content (AvgIpc) is 3.69. The summed E-state index contributed by atoms with van der Waals surface area (Å²) in [4.78, 5) is 29.6. The third kappa shape index (κ3) is 5.99. The van der Waals surface area contributed by atoms with E-state index in [-0.39, 0.29) is 37.0 Å². The van der Waals surface area contributed by atoms with Crippen LogP contribution in [0.3, 0.4) is 0 Å². The number of hydrogen-bond acceptors (Lipinski definition) is 13. The third-order valence-corrected chi connectivity index (χ3v) is 7.11. The van der Waals surface area contributed by atoms with Crippen LogP contribution in [0.25, 0.3) is 11.2 Å². The van der Waals surface area contributed by atoms with E-state index in [4.69, 9.17) is 24.0 Å². The van der Waals surface area contributed by atoms with Crippen LogP contribution < -0.4 is 10.6 Å². The quantitative estimate of drug-likeness (QED) is 0.173. The van der Waals surface area contributed by atoms with E-state index in [1.807, 2.05) is 30.3 Å². The van der Waals surface area contributed by atoms with Crippen molar-refractivity contribution in [2.75, 3.05) is 17.2 Å². The lowest BCUT2D eigenvalue weighted by atomic mass is 10.1. The number of benzene rings is 1. The highest BCUT2D eigenvalue weighted by molar-refractivity contribution is 5.84. The maximum atomic E-state index is 11.4. The Hall–Kier alpha value is -4.14. The Morgan fingerprint density at radius 2 is 1.90 bits per heavy atom. The highest BCUT2D eigenvalue weighted by Crippen LogP contribution is 2.41. The van der Waals surface area contributed by atoms with Crippen LogP contribution in [0.15, 0.2) is 41.2 Å². The van der Waals surface area contributed by atoms with Gasteiger partial charge in [-0.15, -0.1) is 0 Å². The molecular weight excluding hydrogens is 532 g/mol. The van der Waals surface area contributed by atoms with Gasteiger partial charge in [0.1, 0.15) is 6.10 Å². The lowest BCUT2D eigenvalue weighted by Gasteiger charge is -2.21. The summed E-state index contributed by atoms with van der Waals surface area (Å²) in [7, 11) is 0. The van der Waals surface area contributed by atoms with Gasteiger partial charge >= 0.3 is 0 Å². The van der Waals surface area contributed by atoms with Gasteiger partial charge in [-0.05, 0) is 31.7 Å². The van der Waals surface area contributed by atoms with Crippen molar-refractivity contribution >= 4 is 29.4 Å². The number of aliphatic hydroxyl groups excluding tert-OH is 2. The monoisotopic (exact) mass is 566 g/mol. The van der Waals surface area contributed by atoms with Crippen molar-refractivity contribution in [2.45, 2.75) is 76.7 Å². The molecule has 0 amide bonds. The number of ether oxygens (including phenoxy) is 2. The minimum atomic E-state index is -1.30. The van der Waals surface area contributed by atoms with Crippen molar-refractivity contribution in [1.29, 1.82) is 0 Å². The van der Waals surface area contributed by atoms with Gasteiger partial charge in [0.25, 0.3) is 12.4 Å². The highest BCUT2D eigenvalue weighted by Gasteiger charge is 2.50. The molecule has 3 aromatic heterocycles. The summed E-state index contributed by atoms with van der Waals surface area (Å²) in [5.41, 5.74) is 1.88. The standard InChI is InChI=1S/C27H34N8O6/c1-4-17(5-2)30-23-19-24(33-27(32-23)31-18(12-36)11-16-9-7-6-8-10-16)35(13-28-19)26-22(39-14-37)20(38)21(40-26)25-29-15(3)34-41-25/h6-10,13-14,17-18,20-22,26,36,38H,4-5,11-12H2,1-3H3,(H2,30,31,32,33)/t18-,20+,21?,22+,26+/m0/s1. The predicted molar refractivity (Wildman–Crippen MR) is 147 cm³/mol. The van der Waals surface area contributed by atoms with Crippen LogP contribution in [0.2, 0.25) is 0 Å². The third-order valence-electron chi connectivity index (χ3n) is 7.11. The van der Waals surface area contributed by atoms with E-state index in [1.165, 1.54) is 6.33 Å². The molecule has 1 saturated heterocycles. The second kappa shape index (κ2) is 12.6. The summed E-state index contributed by atoms with van der Waals surface area (Å²) in [6, 6.07) is 9.56. The van der Waals surface area contributed by atoms with E-state index in [2.05, 4.69) is 39.6 Å². The molecule has 4 heterocycles. The summed E-state index contributed by atoms with van der Waals surface area (Å²) in [5, 5.41) is 31.6. The number of anilines is 2. The molecular formula is C27H34N8O6. The van der Waals surface area contributed by atoms with Crippen molar-refractivity contribution < 1.29 is 29.0 Å². The molecule has 218 valence electrons. The number of nitrogens with zero attached hydrogens (tertiary/aromatic N) is 6. The number of fused-ring (bicyclic) bond motifs is 1. The number of carbonyl (C=O) groups excluding carboxylic acids is 1. The van der Waals surface area contributed by atoms with Crippen LogP contribution in [0.1, 0.15) is 56.3 Å². The molecule has 0 aliphatic carbocycles. The molecule has 1 aliphatic heterocycles. The Bertz CT molecular complexity index is 1440. The molecule has 14 heteroatoms. The van der Waals surface area contributed by atoms with Crippen LogP contribution in [0.4, 0.5) is 11.8 Å². The highest BCUT2D eigenvalue weighted by atomic mass is 16.6. The maximum absolute atomic E-state index is 11.4. The summed E-state index contributed by atoms with van der Waals surface area (Å²) >= 11 is 0. The van der Waals surface area contributed by atoms with Crippen LogP contribution in [0.5, 0.6) is 0 Å². The molecule has 41 heavy (non-hydrogen) atoms. The molecule has 0 bridgehead atoms. The number of aryl methyl sites for hydroxylation is 1. The van der Waals surface area contributed by atoms with E-state index in [1.54, 1.807) is 11.5 Å². The summed E-state index contributed by atoms with van der Waals surface area (Å²) in [6.07, 6.45) is -0.718. The molecule has 1 unspecified atom stereocenters. The Kier molecular flexibility index (Phi) is 8.71. The topological polar surface area (TPSA) is 183 Å². The Morgan fingerprint density at radius 1 is 1.12 bits per heavy atom. The normalized spacial score (nSPS) is 21.3. The molecule has 14 nitrogen and oxygen atoms in total. The zero-order chi connectivity index (χ0) is 28.9. The molecule has 4 N–H and O–H groups in total. The van der Waals surface area contributed by atoms with Crippen molar-refractivity contribution in [3.8, 4) is 0 Å². The molecule has 1 aromatic carbocycles. The van der Waals surface area contributed by atoms with Crippen molar-refractivity contribution in [2.24, 2.45) is 0 Å². The van der Waals surface area contributed by atoms with Gasteiger partial charge in [-0.2, -0.15) is 15.0 Å². The fraction of sp³-hybridized carbons (Fsp3) is 0.481. The fourth-order valence-corrected chi connectivity index (χ4v) is 4.91. The largest absolute Gasteiger partial charge is 0.457 e. The van der Waals surface area contributed by atoms with Gasteiger partial charge < -0.3 is 34.8 Å². The van der Waals surface area contributed by atoms with Gasteiger partial charge in [-0.1, -0.05) is 49.3 Å². The summed E-state index contributed by atoms with van der Waals surface area (Å²) in [5.74, 6) is 1.19. The minimum Gasteiger partial charge on any atom is -0.457 e. The first kappa shape index (κ1) is 28.4. The van der Waals surface area contributed by atoms with Gasteiger partial charge in [-0.25, -0.2) is 4.98 Å². The number of aromatic nitrogens is 6. The van der Waals surface area contributed by atoms with Crippen LogP contribution in [-0.4, -0.2) is 77.2 Å². The molecule has 0 saturated carbocycles. The van der Waals surface area contributed by atoms with Gasteiger partial charge in [0.15, 0.2) is 41.2 Å². The van der Waals surface area contributed by atoms with Crippen molar-refractivity contribution in [3.05, 3.63) is 53.9 Å². The van der Waals surface area contributed by atoms with Gasteiger partial charge in [-0.3, -0.25) is 9.36 Å². The van der Waals surface area contributed by atoms with E-state index in [0.717, 1.165) is 18.4 Å². The zero-order valence-electron chi connectivity index (χ0n) is 23.0. The maximum Gasteiger partial charge on any atom is 0.293 e. The molecule has 1 fully saturated rings. The summed E-state index contributed by atoms with van der Waals surface area (Å²) in [6.45, 7) is 5.90. The van der Waals surface area contributed by atoms with E-state index in [9.17, 15) is 15.0 Å². The summed E-state index contributed by atoms with van der Waals surface area (Å²) < 4.78 is 18.2. The van der Waals surface area contributed by atoms with Crippen LogP contribution in [0, 0.1) is 6.92 Å². The van der Waals surface area contributed by atoms with Gasteiger partial charge in [0, 0.05) is 6.04 Å². The Balaban J connectivity index is 1.53. The SMILES string of the molecule is CCC(CC)Nc1nc(N[C@H](CO)Cc2ccccc2)nc2c1ncn2[C@@H]1OC(c2nc(C)no2)[C@@H](O)[C@H]1OC=O. The Labute approximate surface area is 236 Å². The number of nitrogens with one attached hydrogen (secondary N) is 2. The molecule has 0 radical (unpaired) electrons. The molecule has 4 aromatic rings. The first-order valence-corrected chi connectivity index (χ1v) is 13.6. The average molecular weight is 567 g/mol. The second-order valence-corrected chi connectivity index (χ2v) is 9.91. The van der Waals surface area contributed by atoms with Crippen molar-refractivity contribution in [3.63, 3.8) is 0 Å². The molecule has 5 rings (SSSR count). The number of carbonyl (C=O) groups is 1. The first-order chi connectivity index (χ1) is 19.9. The number of aliphatic hydroxyl groups is 2. The van der Waals surface area contributed by atoms with E-state index in [0.29, 0.717) is 29.2 Å². The van der Waals surface area contributed by atoms with E-state index < -0.39 is 24.5 Å². The lowest BCUT2D eigenvalue weighted by molar-refractivity contribution is -0.142.